The van der Waals surface area contributed by atoms with E-state index < -0.39 is 27.7 Å². The first-order valence-corrected chi connectivity index (χ1v) is 9.14. The molecule has 0 aromatic rings. The van der Waals surface area contributed by atoms with Crippen molar-refractivity contribution < 1.29 is 28.6 Å². The zero-order valence-electron chi connectivity index (χ0n) is 13.8. The second-order valence-corrected chi connectivity index (χ2v) is 7.58. The normalized spacial score (nSPS) is 38.8. The molecule has 2 aliphatic rings. The minimum atomic E-state index is -1.20. The number of ether oxygens (including phenoxy) is 3. The molecule has 0 radical (unpaired) electrons. The Kier molecular flexibility index (Phi) is 5.84. The van der Waals surface area contributed by atoms with Crippen LogP contribution >= 0.6 is 22.6 Å². The van der Waals surface area contributed by atoms with Crippen molar-refractivity contribution >= 4 is 40.1 Å². The molecular weight excluding hydrogens is 415 g/mol. The van der Waals surface area contributed by atoms with Gasteiger partial charge in [0.15, 0.2) is 11.6 Å². The second kappa shape index (κ2) is 7.14. The number of carbonyl (C=O) groups excluding carboxylic acids is 3. The Hall–Kier alpha value is -0.540. The summed E-state index contributed by atoms with van der Waals surface area (Å²) in [6, 6.07) is 0. The number of Topliss-reactive ketones (excluding diaryl/α,β-unsaturated/α-hetero) is 2. The third-order valence-corrected chi connectivity index (χ3v) is 6.00. The minimum Gasteiger partial charge on any atom is -0.435 e. The summed E-state index contributed by atoms with van der Waals surface area (Å²) < 4.78 is 16.1. The van der Waals surface area contributed by atoms with Gasteiger partial charge in [-0.05, 0) is 26.7 Å². The molecule has 2 fully saturated rings. The van der Waals surface area contributed by atoms with Crippen molar-refractivity contribution in [3.63, 3.8) is 0 Å². The predicted molar refractivity (Wildman–Crippen MR) is 90.2 cm³/mol. The van der Waals surface area contributed by atoms with Crippen LogP contribution < -0.4 is 0 Å². The topological polar surface area (TPSA) is 78.9 Å². The highest BCUT2D eigenvalue weighted by atomic mass is 127. The quantitative estimate of drug-likeness (QED) is 0.220. The van der Waals surface area contributed by atoms with E-state index in [1.807, 2.05) is 29.5 Å². The lowest BCUT2D eigenvalue weighted by atomic mass is 9.75. The fourth-order valence-electron chi connectivity index (χ4n) is 3.35. The third kappa shape index (κ3) is 3.32. The van der Waals surface area contributed by atoms with Crippen LogP contribution in [-0.4, -0.2) is 46.6 Å². The van der Waals surface area contributed by atoms with Crippen molar-refractivity contribution in [3.05, 3.63) is 0 Å². The molecule has 23 heavy (non-hydrogen) atoms. The van der Waals surface area contributed by atoms with Crippen molar-refractivity contribution in [2.45, 2.75) is 63.0 Å². The van der Waals surface area contributed by atoms with Crippen LogP contribution in [0.1, 0.15) is 40.5 Å². The lowest BCUT2D eigenvalue weighted by molar-refractivity contribution is -0.225. The van der Waals surface area contributed by atoms with E-state index in [0.717, 1.165) is 0 Å². The molecule has 6 atom stereocenters. The highest BCUT2D eigenvalue weighted by Crippen LogP contribution is 2.45. The van der Waals surface area contributed by atoms with Crippen LogP contribution in [0.3, 0.4) is 0 Å². The van der Waals surface area contributed by atoms with Crippen LogP contribution in [0.4, 0.5) is 0 Å². The Morgan fingerprint density at radius 1 is 1.43 bits per heavy atom. The molecule has 0 unspecified atom stereocenters. The third-order valence-electron chi connectivity index (χ3n) is 4.82. The fraction of sp³-hybridized carbons (Fsp3) is 0.812. The summed E-state index contributed by atoms with van der Waals surface area (Å²) in [6.07, 6.45) is -0.332. The smallest absolute Gasteiger partial charge is 0.304 e. The summed E-state index contributed by atoms with van der Waals surface area (Å²) in [5.41, 5.74) is -1.20. The first-order chi connectivity index (χ1) is 10.7. The number of rotatable bonds is 4. The maximum absolute atomic E-state index is 13.1. The van der Waals surface area contributed by atoms with Crippen LogP contribution in [0.2, 0.25) is 0 Å². The van der Waals surface area contributed by atoms with Crippen LogP contribution in [0.25, 0.3) is 0 Å². The number of hydrogen-bond donors (Lipinski definition) is 0. The van der Waals surface area contributed by atoms with E-state index in [1.165, 1.54) is 6.92 Å². The van der Waals surface area contributed by atoms with E-state index in [9.17, 15) is 14.4 Å². The van der Waals surface area contributed by atoms with Gasteiger partial charge in [-0.15, -0.1) is 0 Å². The molecule has 0 aromatic carbocycles. The predicted octanol–water partition coefficient (Wildman–Crippen LogP) is 2.06. The van der Waals surface area contributed by atoms with Gasteiger partial charge in [0.25, 0.3) is 0 Å². The molecule has 0 spiro atoms. The maximum atomic E-state index is 13.1. The Bertz CT molecular complexity index is 507. The molecule has 0 amide bonds. The average molecular weight is 438 g/mol. The van der Waals surface area contributed by atoms with E-state index in [0.29, 0.717) is 12.8 Å². The molecule has 2 rings (SSSR count). The Labute approximate surface area is 149 Å². The van der Waals surface area contributed by atoms with E-state index in [-0.39, 0.29) is 30.2 Å². The van der Waals surface area contributed by atoms with Crippen molar-refractivity contribution in [2.24, 2.45) is 11.3 Å². The SMILES string of the molecule is CCO[C@@H](OC(C)=O)[C@@]1(C)C(=O)[C@H](I)C(=O)[C@H](C)[C@H]2CC[C@@H]1O2. The van der Waals surface area contributed by atoms with Gasteiger partial charge >= 0.3 is 5.97 Å². The van der Waals surface area contributed by atoms with E-state index >= 15 is 0 Å². The standard InChI is InChI=1S/C16H23IO6/c1-5-21-15(22-9(3)18)16(4)11-7-6-10(23-11)8(2)13(19)12(17)14(16)20/h8,10-12,15H,5-7H2,1-4H3/t8-,10-,11+,12-,15+,16-/m1/s1. The van der Waals surface area contributed by atoms with Crippen LogP contribution in [0.5, 0.6) is 0 Å². The van der Waals surface area contributed by atoms with Crippen molar-refractivity contribution in [1.29, 1.82) is 0 Å². The van der Waals surface area contributed by atoms with E-state index in [4.69, 9.17) is 14.2 Å². The molecule has 130 valence electrons. The molecule has 2 saturated heterocycles. The van der Waals surface area contributed by atoms with Crippen molar-refractivity contribution in [1.82, 2.24) is 0 Å². The Morgan fingerprint density at radius 2 is 2.09 bits per heavy atom. The summed E-state index contributed by atoms with van der Waals surface area (Å²) in [4.78, 5) is 37.1. The highest BCUT2D eigenvalue weighted by Gasteiger charge is 2.58. The second-order valence-electron chi connectivity index (χ2n) is 6.34. The average Bonchev–Trinajstić information content (AvgIpc) is 3.00. The minimum absolute atomic E-state index is 0.134. The molecule has 7 heteroatoms. The zero-order chi connectivity index (χ0) is 17.4. The summed E-state index contributed by atoms with van der Waals surface area (Å²) in [7, 11) is 0. The first kappa shape index (κ1) is 18.8. The van der Waals surface area contributed by atoms with Crippen LogP contribution in [0.15, 0.2) is 0 Å². The molecule has 6 nitrogen and oxygen atoms in total. The Morgan fingerprint density at radius 3 is 2.65 bits per heavy atom. The number of fused-ring (bicyclic) bond motifs is 2. The largest absolute Gasteiger partial charge is 0.435 e. The van der Waals surface area contributed by atoms with Gasteiger partial charge in [-0.25, -0.2) is 0 Å². The molecule has 0 aromatic heterocycles. The summed E-state index contributed by atoms with van der Waals surface area (Å²) >= 11 is 1.88. The van der Waals surface area contributed by atoms with Gasteiger partial charge in [0.05, 0.1) is 12.2 Å². The number of alkyl halides is 1. The molecule has 0 saturated carbocycles. The number of ketones is 2. The molecule has 2 heterocycles. The number of esters is 1. The lowest BCUT2D eigenvalue weighted by Gasteiger charge is -2.41. The molecule has 0 aliphatic carbocycles. The van der Waals surface area contributed by atoms with E-state index in [2.05, 4.69) is 0 Å². The first-order valence-electron chi connectivity index (χ1n) is 7.89. The zero-order valence-corrected chi connectivity index (χ0v) is 16.0. The van der Waals surface area contributed by atoms with Crippen molar-refractivity contribution in [3.8, 4) is 0 Å². The number of carbonyl (C=O) groups is 3. The van der Waals surface area contributed by atoms with Crippen molar-refractivity contribution in [2.75, 3.05) is 6.61 Å². The van der Waals surface area contributed by atoms with Gasteiger partial charge in [-0.1, -0.05) is 29.5 Å². The van der Waals surface area contributed by atoms with Gasteiger partial charge in [0.2, 0.25) is 6.29 Å². The van der Waals surface area contributed by atoms with Gasteiger partial charge in [-0.3, -0.25) is 14.4 Å². The lowest BCUT2D eigenvalue weighted by Crippen LogP contribution is -2.57. The number of halogens is 1. The number of hydrogen-bond acceptors (Lipinski definition) is 6. The fourth-order valence-corrected chi connectivity index (χ4v) is 4.58. The molecule has 2 aliphatic heterocycles. The highest BCUT2D eigenvalue weighted by molar-refractivity contribution is 14.1. The summed E-state index contributed by atoms with van der Waals surface area (Å²) in [6.45, 7) is 6.81. The molecule has 2 bridgehead atoms. The van der Waals surface area contributed by atoms with Crippen LogP contribution in [0, 0.1) is 11.3 Å². The van der Waals surface area contributed by atoms with Gasteiger partial charge < -0.3 is 14.2 Å². The maximum Gasteiger partial charge on any atom is 0.304 e. The summed E-state index contributed by atoms with van der Waals surface area (Å²) in [5, 5.41) is 0. The Balaban J connectivity index is 2.44. The van der Waals surface area contributed by atoms with Gasteiger partial charge in [0, 0.05) is 19.4 Å². The molecular formula is C16H23IO6. The van der Waals surface area contributed by atoms with Gasteiger partial charge in [-0.2, -0.15) is 0 Å². The van der Waals surface area contributed by atoms with E-state index in [1.54, 1.807) is 13.8 Å². The van der Waals surface area contributed by atoms with Gasteiger partial charge in [0.1, 0.15) is 9.34 Å². The monoisotopic (exact) mass is 438 g/mol. The molecule has 0 N–H and O–H groups in total. The summed E-state index contributed by atoms with van der Waals surface area (Å²) in [5.74, 6) is -1.27. The van der Waals surface area contributed by atoms with Crippen LogP contribution in [-0.2, 0) is 28.6 Å².